The lowest BCUT2D eigenvalue weighted by molar-refractivity contribution is 0.669. The number of benzene rings is 8. The summed E-state index contributed by atoms with van der Waals surface area (Å²) in [6.07, 6.45) is 0. The van der Waals surface area contributed by atoms with Gasteiger partial charge in [-0.1, -0.05) is 164 Å². The van der Waals surface area contributed by atoms with Crippen molar-refractivity contribution in [3.05, 3.63) is 216 Å². The Morgan fingerprint density at radius 2 is 1.02 bits per heavy atom. The van der Waals surface area contributed by atoms with E-state index >= 15 is 0 Å². The summed E-state index contributed by atoms with van der Waals surface area (Å²) in [5, 5.41) is 3.06. The molecule has 3 heteroatoms. The molecule has 0 unspecified atom stereocenters. The number of hydrogen-bond donors (Lipinski definition) is 0. The van der Waals surface area contributed by atoms with Crippen molar-refractivity contribution in [2.45, 2.75) is 5.41 Å². The second kappa shape index (κ2) is 12.0. The molecule has 0 saturated carbocycles. The van der Waals surface area contributed by atoms with Crippen LogP contribution in [-0.2, 0) is 5.41 Å². The van der Waals surface area contributed by atoms with Crippen LogP contribution in [0.4, 0.5) is 0 Å². The molecule has 0 saturated heterocycles. The predicted molar refractivity (Wildman–Crippen MR) is 220 cm³/mol. The Morgan fingerprint density at radius 1 is 0.389 bits per heavy atom. The first-order chi connectivity index (χ1) is 26.8. The Balaban J connectivity index is 1.11. The largest absolute Gasteiger partial charge is 0.456 e. The summed E-state index contributed by atoms with van der Waals surface area (Å²) in [6.45, 7) is 0. The summed E-state index contributed by atoms with van der Waals surface area (Å²) in [5.41, 5.74) is 14.9. The van der Waals surface area contributed by atoms with Gasteiger partial charge in [-0.25, -0.2) is 9.97 Å². The molecule has 3 nitrogen and oxygen atoms in total. The van der Waals surface area contributed by atoms with Crippen molar-refractivity contribution >= 4 is 32.8 Å². The molecule has 11 rings (SSSR count). The molecule has 252 valence electrons. The molecule has 8 aromatic carbocycles. The molecule has 0 bridgehead atoms. The number of rotatable bonds is 5. The zero-order valence-electron chi connectivity index (χ0n) is 29.3. The smallest absolute Gasteiger partial charge is 0.160 e. The lowest BCUT2D eigenvalue weighted by Gasteiger charge is -2.33. The summed E-state index contributed by atoms with van der Waals surface area (Å²) >= 11 is 0. The molecule has 1 aliphatic rings. The van der Waals surface area contributed by atoms with E-state index in [4.69, 9.17) is 14.4 Å². The van der Waals surface area contributed by atoms with E-state index in [2.05, 4.69) is 170 Å². The molecule has 0 atom stereocenters. The summed E-state index contributed by atoms with van der Waals surface area (Å²) in [4.78, 5) is 10.6. The fraction of sp³-hybridized carbons (Fsp3) is 0.0196. The van der Waals surface area contributed by atoms with Crippen molar-refractivity contribution in [3.63, 3.8) is 0 Å². The van der Waals surface area contributed by atoms with Crippen molar-refractivity contribution in [1.82, 2.24) is 9.97 Å². The summed E-state index contributed by atoms with van der Waals surface area (Å²) in [5.74, 6) is 0.680. The van der Waals surface area contributed by atoms with E-state index < -0.39 is 5.41 Å². The van der Waals surface area contributed by atoms with E-state index in [1.807, 2.05) is 24.3 Å². The van der Waals surface area contributed by atoms with E-state index in [1.165, 1.54) is 33.4 Å². The monoisotopic (exact) mass is 688 g/mol. The van der Waals surface area contributed by atoms with Crippen LogP contribution in [0.1, 0.15) is 22.3 Å². The lowest BCUT2D eigenvalue weighted by Crippen LogP contribution is -2.28. The first kappa shape index (κ1) is 30.5. The molecule has 0 fully saturated rings. The first-order valence-corrected chi connectivity index (χ1v) is 18.4. The average molecular weight is 689 g/mol. The number of nitrogens with zero attached hydrogens (tertiary/aromatic N) is 2. The standard InChI is InChI=1S/C51H32N2O/c1-4-15-33(16-5-1)48-41-28-30-46-47(40-24-11-13-26-45(40)54-46)49(41)53-50(52-48)36-18-14-17-34(31-36)35-27-29-44-42(32-35)39-23-10-12-25-43(39)51(44,37-19-6-2-7-20-37)38-21-8-3-9-22-38/h1-32H. The van der Waals surface area contributed by atoms with Crippen molar-refractivity contribution in [3.8, 4) is 44.9 Å². The van der Waals surface area contributed by atoms with Crippen LogP contribution in [0.15, 0.2) is 199 Å². The van der Waals surface area contributed by atoms with Crippen LogP contribution >= 0.6 is 0 Å². The van der Waals surface area contributed by atoms with Gasteiger partial charge in [-0.05, 0) is 74.8 Å². The van der Waals surface area contributed by atoms with Crippen LogP contribution in [0, 0.1) is 0 Å². The van der Waals surface area contributed by atoms with Gasteiger partial charge in [0.2, 0.25) is 0 Å². The molecule has 0 spiro atoms. The van der Waals surface area contributed by atoms with Gasteiger partial charge in [0, 0.05) is 21.9 Å². The van der Waals surface area contributed by atoms with Crippen LogP contribution < -0.4 is 0 Å². The van der Waals surface area contributed by atoms with Gasteiger partial charge in [0.05, 0.1) is 22.0 Å². The van der Waals surface area contributed by atoms with Crippen LogP contribution in [0.25, 0.3) is 77.7 Å². The zero-order valence-corrected chi connectivity index (χ0v) is 29.3. The molecule has 0 radical (unpaired) electrons. The molecule has 1 aliphatic carbocycles. The zero-order chi connectivity index (χ0) is 35.6. The number of fused-ring (bicyclic) bond motifs is 8. The number of furan rings is 1. The number of aromatic nitrogens is 2. The normalized spacial score (nSPS) is 13.0. The predicted octanol–water partition coefficient (Wildman–Crippen LogP) is 12.9. The number of para-hydroxylation sites is 1. The fourth-order valence-corrected chi connectivity index (χ4v) is 8.81. The Morgan fingerprint density at radius 3 is 1.81 bits per heavy atom. The van der Waals surface area contributed by atoms with Gasteiger partial charge in [-0.15, -0.1) is 0 Å². The minimum absolute atomic E-state index is 0.426. The van der Waals surface area contributed by atoms with Gasteiger partial charge in [-0.2, -0.15) is 0 Å². The molecular weight excluding hydrogens is 657 g/mol. The minimum atomic E-state index is -0.426. The maximum Gasteiger partial charge on any atom is 0.160 e. The van der Waals surface area contributed by atoms with Crippen molar-refractivity contribution in [2.24, 2.45) is 0 Å². The minimum Gasteiger partial charge on any atom is -0.456 e. The highest BCUT2D eigenvalue weighted by atomic mass is 16.3. The molecule has 54 heavy (non-hydrogen) atoms. The molecule has 0 aliphatic heterocycles. The maximum absolute atomic E-state index is 6.30. The van der Waals surface area contributed by atoms with Crippen molar-refractivity contribution in [1.29, 1.82) is 0 Å². The Kier molecular flexibility index (Phi) is 6.77. The van der Waals surface area contributed by atoms with Crippen LogP contribution in [-0.4, -0.2) is 9.97 Å². The summed E-state index contributed by atoms with van der Waals surface area (Å²) in [7, 11) is 0. The quantitative estimate of drug-likeness (QED) is 0.181. The van der Waals surface area contributed by atoms with E-state index in [0.717, 1.165) is 60.8 Å². The highest BCUT2D eigenvalue weighted by molar-refractivity contribution is 6.19. The SMILES string of the molecule is c1ccc(-c2nc(-c3cccc(-c4ccc5c(c4)-c4ccccc4C5(c4ccccc4)c4ccccc4)c3)nc3c2ccc2oc4ccccc4c23)cc1. The van der Waals surface area contributed by atoms with Gasteiger partial charge in [0.25, 0.3) is 0 Å². The summed E-state index contributed by atoms with van der Waals surface area (Å²) < 4.78 is 6.30. The van der Waals surface area contributed by atoms with Gasteiger partial charge >= 0.3 is 0 Å². The van der Waals surface area contributed by atoms with Gasteiger partial charge in [0.15, 0.2) is 5.82 Å². The average Bonchev–Trinajstić information content (AvgIpc) is 3.78. The third-order valence-corrected chi connectivity index (χ3v) is 11.2. The fourth-order valence-electron chi connectivity index (χ4n) is 8.81. The van der Waals surface area contributed by atoms with E-state index in [-0.39, 0.29) is 0 Å². The number of hydrogen-bond acceptors (Lipinski definition) is 3. The van der Waals surface area contributed by atoms with Crippen molar-refractivity contribution < 1.29 is 4.42 Å². The highest BCUT2D eigenvalue weighted by Crippen LogP contribution is 2.56. The van der Waals surface area contributed by atoms with Gasteiger partial charge in [0.1, 0.15) is 11.2 Å². The molecular formula is C51H32N2O. The molecule has 0 N–H and O–H groups in total. The molecule has 2 aromatic heterocycles. The van der Waals surface area contributed by atoms with E-state index in [9.17, 15) is 0 Å². The van der Waals surface area contributed by atoms with Crippen LogP contribution in [0.5, 0.6) is 0 Å². The van der Waals surface area contributed by atoms with Crippen LogP contribution in [0.2, 0.25) is 0 Å². The van der Waals surface area contributed by atoms with E-state index in [0.29, 0.717) is 5.82 Å². The Labute approximate surface area is 312 Å². The Bertz CT molecular complexity index is 3000. The van der Waals surface area contributed by atoms with Crippen molar-refractivity contribution in [2.75, 3.05) is 0 Å². The third kappa shape index (κ3) is 4.49. The first-order valence-electron chi connectivity index (χ1n) is 18.4. The Hall–Kier alpha value is -7.10. The third-order valence-electron chi connectivity index (χ3n) is 11.2. The summed E-state index contributed by atoms with van der Waals surface area (Å²) in [6, 6.07) is 69.2. The molecule has 10 aromatic rings. The van der Waals surface area contributed by atoms with Gasteiger partial charge < -0.3 is 4.42 Å². The second-order valence-corrected chi connectivity index (χ2v) is 14.1. The molecule has 0 amide bonds. The second-order valence-electron chi connectivity index (χ2n) is 14.1. The topological polar surface area (TPSA) is 38.9 Å². The van der Waals surface area contributed by atoms with Gasteiger partial charge in [-0.3, -0.25) is 0 Å². The van der Waals surface area contributed by atoms with E-state index in [1.54, 1.807) is 0 Å². The maximum atomic E-state index is 6.30. The highest BCUT2D eigenvalue weighted by Gasteiger charge is 2.45. The molecule has 2 heterocycles. The lowest BCUT2D eigenvalue weighted by atomic mass is 9.67. The van der Waals surface area contributed by atoms with Crippen LogP contribution in [0.3, 0.4) is 0 Å².